The second-order valence-corrected chi connectivity index (χ2v) is 7.18. The topological polar surface area (TPSA) is 94.5 Å². The molecule has 0 aliphatic heterocycles. The summed E-state index contributed by atoms with van der Waals surface area (Å²) >= 11 is 0. The van der Waals surface area contributed by atoms with Crippen LogP contribution in [0.3, 0.4) is 0 Å². The van der Waals surface area contributed by atoms with Gasteiger partial charge in [-0.05, 0) is 50.1 Å². The average molecular weight is 460 g/mol. The molecule has 0 saturated heterocycles. The maximum atomic E-state index is 12.3. The van der Waals surface area contributed by atoms with Gasteiger partial charge in [-0.25, -0.2) is 9.59 Å². The normalized spacial score (nSPS) is 11.5. The summed E-state index contributed by atoms with van der Waals surface area (Å²) in [5, 5.41) is 9.21. The Bertz CT molecular complexity index is 826. The fourth-order valence-electron chi connectivity index (χ4n) is 3.10. The van der Waals surface area contributed by atoms with Crippen LogP contribution in [0.25, 0.3) is 0 Å². The van der Waals surface area contributed by atoms with Gasteiger partial charge in [0, 0.05) is 19.6 Å². The molecule has 180 valence electrons. The number of amides is 1. The van der Waals surface area contributed by atoms with Crippen molar-refractivity contribution in [2.75, 3.05) is 39.5 Å². The number of nitrogens with zero attached hydrogens (tertiary/aromatic N) is 1. The summed E-state index contributed by atoms with van der Waals surface area (Å²) in [7, 11) is 0. The van der Waals surface area contributed by atoms with Gasteiger partial charge in [-0.15, -0.1) is 0 Å². The van der Waals surface area contributed by atoms with Crippen molar-refractivity contribution >= 4 is 12.1 Å². The van der Waals surface area contributed by atoms with E-state index in [1.54, 1.807) is 30.9 Å². The van der Waals surface area contributed by atoms with Crippen molar-refractivity contribution < 1.29 is 33.6 Å². The van der Waals surface area contributed by atoms with Crippen molar-refractivity contribution in [1.82, 2.24) is 4.90 Å². The van der Waals surface area contributed by atoms with Gasteiger partial charge >= 0.3 is 12.1 Å². The molecule has 0 spiro atoms. The van der Waals surface area contributed by atoms with Crippen LogP contribution in [0.1, 0.15) is 25.8 Å². The minimum atomic E-state index is -0.981. The molecule has 0 bridgehead atoms. The van der Waals surface area contributed by atoms with E-state index in [4.69, 9.17) is 18.9 Å². The molecule has 0 saturated carbocycles. The molecule has 2 aromatic carbocycles. The number of rotatable bonds is 15. The van der Waals surface area contributed by atoms with Crippen molar-refractivity contribution in [3.05, 3.63) is 60.2 Å². The molecule has 0 radical (unpaired) electrons. The summed E-state index contributed by atoms with van der Waals surface area (Å²) in [4.78, 5) is 25.1. The maximum absolute atomic E-state index is 12.3. The number of hydrogen-bond acceptors (Lipinski definition) is 6. The van der Waals surface area contributed by atoms with E-state index in [1.165, 1.54) is 0 Å². The lowest BCUT2D eigenvalue weighted by Gasteiger charge is -2.22. The van der Waals surface area contributed by atoms with Gasteiger partial charge in [0.1, 0.15) is 18.1 Å². The number of benzene rings is 2. The van der Waals surface area contributed by atoms with Gasteiger partial charge in [-0.1, -0.05) is 30.3 Å². The number of carboxylic acids is 1. The van der Waals surface area contributed by atoms with E-state index < -0.39 is 12.1 Å². The van der Waals surface area contributed by atoms with Crippen LogP contribution in [-0.4, -0.2) is 67.7 Å². The number of ether oxygens (including phenoxy) is 4. The van der Waals surface area contributed by atoms with Gasteiger partial charge in [0.2, 0.25) is 0 Å². The number of carboxylic acid groups (broad SMARTS) is 1. The lowest BCUT2D eigenvalue weighted by Crippen LogP contribution is -2.36. The molecular formula is C25H33NO7. The van der Waals surface area contributed by atoms with Crippen LogP contribution in [0.5, 0.6) is 11.5 Å². The first-order chi connectivity index (χ1) is 16.0. The molecule has 1 atom stereocenters. The fraction of sp³-hybridized carbons (Fsp3) is 0.440. The Morgan fingerprint density at radius 3 is 2.18 bits per heavy atom. The summed E-state index contributed by atoms with van der Waals surface area (Å²) in [5.41, 5.74) is 0.842. The Balaban J connectivity index is 1.79. The Hall–Kier alpha value is -3.26. The first kappa shape index (κ1) is 26.0. The maximum Gasteiger partial charge on any atom is 0.409 e. The molecule has 1 N–H and O–H groups in total. The van der Waals surface area contributed by atoms with E-state index in [0.717, 1.165) is 11.3 Å². The third-order valence-electron chi connectivity index (χ3n) is 4.73. The van der Waals surface area contributed by atoms with E-state index >= 15 is 0 Å². The largest absolute Gasteiger partial charge is 0.494 e. The van der Waals surface area contributed by atoms with Crippen molar-refractivity contribution in [2.45, 2.75) is 32.8 Å². The third-order valence-corrected chi connectivity index (χ3v) is 4.73. The molecule has 1 unspecified atom stereocenters. The van der Waals surface area contributed by atoms with Crippen molar-refractivity contribution in [2.24, 2.45) is 0 Å². The molecule has 0 aliphatic carbocycles. The summed E-state index contributed by atoms with van der Waals surface area (Å²) in [6.07, 6.45) is -0.310. The fourth-order valence-corrected chi connectivity index (χ4v) is 3.10. The van der Waals surface area contributed by atoms with Crippen LogP contribution < -0.4 is 9.47 Å². The molecule has 1 amide bonds. The van der Waals surface area contributed by atoms with Gasteiger partial charge in [0.05, 0.1) is 19.8 Å². The average Bonchev–Trinajstić information content (AvgIpc) is 2.82. The Morgan fingerprint density at radius 2 is 1.55 bits per heavy atom. The highest BCUT2D eigenvalue weighted by Gasteiger charge is 2.18. The predicted octanol–water partition coefficient (Wildman–Crippen LogP) is 4.03. The predicted molar refractivity (Wildman–Crippen MR) is 124 cm³/mol. The quantitative estimate of drug-likeness (QED) is 0.402. The zero-order chi connectivity index (χ0) is 23.9. The molecule has 33 heavy (non-hydrogen) atoms. The summed E-state index contributed by atoms with van der Waals surface area (Å²) in [6.45, 7) is 5.83. The zero-order valence-corrected chi connectivity index (χ0v) is 19.3. The molecular weight excluding hydrogens is 426 g/mol. The lowest BCUT2D eigenvalue weighted by atomic mass is 10.1. The number of hydrogen-bond donors (Lipinski definition) is 1. The highest BCUT2D eigenvalue weighted by atomic mass is 16.6. The van der Waals surface area contributed by atoms with Crippen LogP contribution in [0.15, 0.2) is 54.6 Å². The standard InChI is InChI=1S/C25H33NO7/c1-3-30-23(24(27)28)19-20-11-13-22(14-12-20)33-18-16-26(25(29)31-4-2)15-8-17-32-21-9-6-5-7-10-21/h5-7,9-14,23H,3-4,8,15-19H2,1-2H3,(H,27,28). The number of aliphatic carboxylic acids is 1. The number of para-hydroxylation sites is 1. The second kappa shape index (κ2) is 14.7. The first-order valence-corrected chi connectivity index (χ1v) is 11.2. The first-order valence-electron chi connectivity index (χ1n) is 11.2. The molecule has 2 rings (SSSR count). The molecule has 8 heteroatoms. The van der Waals surface area contributed by atoms with Crippen molar-refractivity contribution in [3.63, 3.8) is 0 Å². The highest BCUT2D eigenvalue weighted by Crippen LogP contribution is 2.15. The van der Waals surface area contributed by atoms with Crippen molar-refractivity contribution in [1.29, 1.82) is 0 Å². The summed E-state index contributed by atoms with van der Waals surface area (Å²) in [5.74, 6) is 0.451. The molecule has 0 fully saturated rings. The number of carbonyl (C=O) groups is 2. The van der Waals surface area contributed by atoms with Crippen LogP contribution in [-0.2, 0) is 20.7 Å². The Morgan fingerprint density at radius 1 is 0.879 bits per heavy atom. The minimum absolute atomic E-state index is 0.283. The Kier molecular flexibility index (Phi) is 11.6. The van der Waals surface area contributed by atoms with E-state index in [2.05, 4.69) is 0 Å². The van der Waals surface area contributed by atoms with Crippen LogP contribution in [0.2, 0.25) is 0 Å². The monoisotopic (exact) mass is 459 g/mol. The van der Waals surface area contributed by atoms with Crippen LogP contribution in [0.4, 0.5) is 4.79 Å². The van der Waals surface area contributed by atoms with Gasteiger partial charge in [0.25, 0.3) is 0 Å². The smallest absolute Gasteiger partial charge is 0.409 e. The number of carbonyl (C=O) groups excluding carboxylic acids is 1. The molecule has 0 aromatic heterocycles. The van der Waals surface area contributed by atoms with Gasteiger partial charge in [-0.2, -0.15) is 0 Å². The van der Waals surface area contributed by atoms with Gasteiger partial charge in [-0.3, -0.25) is 0 Å². The van der Waals surface area contributed by atoms with E-state index in [1.807, 2.05) is 42.5 Å². The molecule has 0 aliphatic rings. The minimum Gasteiger partial charge on any atom is -0.494 e. The summed E-state index contributed by atoms with van der Waals surface area (Å²) < 4.78 is 21.8. The highest BCUT2D eigenvalue weighted by molar-refractivity contribution is 5.72. The summed E-state index contributed by atoms with van der Waals surface area (Å²) in [6, 6.07) is 16.7. The van der Waals surface area contributed by atoms with Crippen molar-refractivity contribution in [3.8, 4) is 11.5 Å². The van der Waals surface area contributed by atoms with Crippen LogP contribution >= 0.6 is 0 Å². The Labute approximate surface area is 195 Å². The molecule has 2 aromatic rings. The van der Waals surface area contributed by atoms with E-state index in [-0.39, 0.29) is 12.5 Å². The second-order valence-electron chi connectivity index (χ2n) is 7.18. The molecule has 0 heterocycles. The lowest BCUT2D eigenvalue weighted by molar-refractivity contribution is -0.149. The zero-order valence-electron chi connectivity index (χ0n) is 19.3. The molecule has 8 nitrogen and oxygen atoms in total. The van der Waals surface area contributed by atoms with E-state index in [9.17, 15) is 14.7 Å². The van der Waals surface area contributed by atoms with Gasteiger partial charge < -0.3 is 29.0 Å². The van der Waals surface area contributed by atoms with Gasteiger partial charge in [0.15, 0.2) is 6.10 Å². The SMILES string of the molecule is CCOC(=O)N(CCCOc1ccccc1)CCOc1ccc(CC(OCC)C(=O)O)cc1. The van der Waals surface area contributed by atoms with E-state index in [0.29, 0.717) is 51.7 Å². The third kappa shape index (κ3) is 9.82. The van der Waals surface area contributed by atoms with Crippen LogP contribution in [0, 0.1) is 0 Å².